The minimum Gasteiger partial charge on any atom is -0.459 e. The standard InChI is InChI=1S/C10H12N6O4/c1-6(17)20-7-4-19-10(16-3-2-12-5-16)9(14-18)8(7)13-15-11/h2-3,5,7-8,10,18H,4H2,1H3/b14-9+/t7-,8-,10-/m1/s1. The van der Waals surface area contributed by atoms with Crippen LogP contribution in [0.15, 0.2) is 29.0 Å². The lowest BCUT2D eigenvalue weighted by Gasteiger charge is -2.34. The molecule has 0 unspecified atom stereocenters. The van der Waals surface area contributed by atoms with E-state index >= 15 is 0 Å². The van der Waals surface area contributed by atoms with Crippen LogP contribution in [0, 0.1) is 0 Å². The van der Waals surface area contributed by atoms with E-state index in [1.807, 2.05) is 0 Å². The molecule has 1 N–H and O–H groups in total. The second kappa shape index (κ2) is 6.04. The van der Waals surface area contributed by atoms with Gasteiger partial charge >= 0.3 is 5.97 Å². The summed E-state index contributed by atoms with van der Waals surface area (Å²) in [6.07, 6.45) is 2.99. The maximum Gasteiger partial charge on any atom is 0.303 e. The molecule has 0 aromatic carbocycles. The van der Waals surface area contributed by atoms with Gasteiger partial charge in [0.1, 0.15) is 17.9 Å². The molecular weight excluding hydrogens is 268 g/mol. The van der Waals surface area contributed by atoms with E-state index in [1.165, 1.54) is 19.4 Å². The Labute approximate surface area is 113 Å². The summed E-state index contributed by atoms with van der Waals surface area (Å²) in [4.78, 5) is 17.6. The minimum atomic E-state index is -0.949. The fourth-order valence-electron chi connectivity index (χ4n) is 1.96. The van der Waals surface area contributed by atoms with Crippen molar-refractivity contribution in [2.45, 2.75) is 25.3 Å². The van der Waals surface area contributed by atoms with Gasteiger partial charge in [-0.2, -0.15) is 0 Å². The number of nitrogens with zero attached hydrogens (tertiary/aromatic N) is 6. The van der Waals surface area contributed by atoms with Crippen LogP contribution < -0.4 is 0 Å². The number of carbonyl (C=O) groups is 1. The number of rotatable bonds is 3. The zero-order valence-corrected chi connectivity index (χ0v) is 10.5. The van der Waals surface area contributed by atoms with E-state index in [0.717, 1.165) is 0 Å². The Morgan fingerprint density at radius 1 is 1.75 bits per heavy atom. The van der Waals surface area contributed by atoms with Crippen LogP contribution in [0.2, 0.25) is 0 Å². The lowest BCUT2D eigenvalue weighted by Crippen LogP contribution is -2.48. The monoisotopic (exact) mass is 280 g/mol. The van der Waals surface area contributed by atoms with Crippen LogP contribution in [0.4, 0.5) is 0 Å². The number of ether oxygens (including phenoxy) is 2. The van der Waals surface area contributed by atoms with E-state index < -0.39 is 24.3 Å². The number of imidazole rings is 1. The molecule has 0 radical (unpaired) electrons. The predicted octanol–water partition coefficient (Wildman–Crippen LogP) is 0.853. The number of azide groups is 1. The summed E-state index contributed by atoms with van der Waals surface area (Å²) < 4.78 is 12.0. The molecule has 106 valence electrons. The minimum absolute atomic E-state index is 0.00509. The van der Waals surface area contributed by atoms with Gasteiger partial charge in [-0.05, 0) is 5.53 Å². The van der Waals surface area contributed by atoms with E-state index in [2.05, 4.69) is 20.2 Å². The van der Waals surface area contributed by atoms with Crippen molar-refractivity contribution < 1.29 is 19.5 Å². The smallest absolute Gasteiger partial charge is 0.303 e. The highest BCUT2D eigenvalue weighted by molar-refractivity contribution is 5.93. The number of hydrogen-bond donors (Lipinski definition) is 1. The van der Waals surface area contributed by atoms with Crippen molar-refractivity contribution in [3.8, 4) is 0 Å². The van der Waals surface area contributed by atoms with Gasteiger partial charge in [-0.15, -0.1) is 0 Å². The maximum absolute atomic E-state index is 11.0. The molecule has 0 bridgehead atoms. The second-order valence-electron chi connectivity index (χ2n) is 4.02. The number of hydrogen-bond acceptors (Lipinski definition) is 7. The molecule has 0 amide bonds. The first-order valence-corrected chi connectivity index (χ1v) is 5.69. The predicted molar refractivity (Wildman–Crippen MR) is 64.9 cm³/mol. The van der Waals surface area contributed by atoms with Gasteiger partial charge in [-0.1, -0.05) is 10.3 Å². The van der Waals surface area contributed by atoms with E-state index in [1.54, 1.807) is 10.8 Å². The number of aromatic nitrogens is 2. The fraction of sp³-hybridized carbons (Fsp3) is 0.500. The molecule has 20 heavy (non-hydrogen) atoms. The van der Waals surface area contributed by atoms with Crippen molar-refractivity contribution >= 4 is 11.7 Å². The lowest BCUT2D eigenvalue weighted by molar-refractivity contribution is -0.153. The van der Waals surface area contributed by atoms with Gasteiger partial charge < -0.3 is 19.2 Å². The quantitative estimate of drug-likeness (QED) is 0.219. The molecule has 1 aromatic heterocycles. The highest BCUT2D eigenvalue weighted by atomic mass is 16.6. The van der Waals surface area contributed by atoms with Gasteiger partial charge in [-0.3, -0.25) is 4.79 Å². The summed E-state index contributed by atoms with van der Waals surface area (Å²) in [5.41, 5.74) is 8.66. The molecule has 10 nitrogen and oxygen atoms in total. The van der Waals surface area contributed by atoms with E-state index in [0.29, 0.717) is 0 Å². The maximum atomic E-state index is 11.0. The first-order chi connectivity index (χ1) is 9.67. The van der Waals surface area contributed by atoms with E-state index in [4.69, 9.17) is 20.2 Å². The van der Waals surface area contributed by atoms with Gasteiger partial charge in [0.2, 0.25) is 0 Å². The molecule has 3 atom stereocenters. The second-order valence-corrected chi connectivity index (χ2v) is 4.02. The van der Waals surface area contributed by atoms with Crippen molar-refractivity contribution in [2.24, 2.45) is 10.3 Å². The Bertz CT molecular complexity index is 550. The third-order valence-electron chi connectivity index (χ3n) is 2.73. The van der Waals surface area contributed by atoms with Gasteiger partial charge in [0.15, 0.2) is 6.23 Å². The Morgan fingerprint density at radius 2 is 2.55 bits per heavy atom. The van der Waals surface area contributed by atoms with Gasteiger partial charge in [0.25, 0.3) is 0 Å². The van der Waals surface area contributed by atoms with Crippen molar-refractivity contribution in [1.82, 2.24) is 9.55 Å². The normalized spacial score (nSPS) is 27.9. The zero-order chi connectivity index (χ0) is 14.5. The number of esters is 1. The molecule has 0 aliphatic carbocycles. The lowest BCUT2D eigenvalue weighted by atomic mass is 10.0. The van der Waals surface area contributed by atoms with Crippen LogP contribution in [-0.4, -0.2) is 45.2 Å². The van der Waals surface area contributed by atoms with Gasteiger partial charge in [0.05, 0.1) is 12.9 Å². The molecule has 0 saturated carbocycles. The molecule has 1 fully saturated rings. The highest BCUT2D eigenvalue weighted by Gasteiger charge is 2.40. The summed E-state index contributed by atoms with van der Waals surface area (Å²) >= 11 is 0. The molecule has 1 aromatic rings. The van der Waals surface area contributed by atoms with E-state index in [-0.39, 0.29) is 12.3 Å². The van der Waals surface area contributed by atoms with Crippen LogP contribution in [0.25, 0.3) is 10.4 Å². The van der Waals surface area contributed by atoms with Crippen LogP contribution in [0.1, 0.15) is 13.2 Å². The zero-order valence-electron chi connectivity index (χ0n) is 10.5. The van der Waals surface area contributed by atoms with E-state index in [9.17, 15) is 4.79 Å². The molecular formula is C10H12N6O4. The SMILES string of the molecule is CC(=O)O[C@@H]1CO[C@@H](n2ccnc2)/C(=N/O)[C@@H]1N=[N+]=[N-]. The third-order valence-corrected chi connectivity index (χ3v) is 2.73. The Morgan fingerprint density at radius 3 is 3.10 bits per heavy atom. The summed E-state index contributed by atoms with van der Waals surface area (Å²) in [5.74, 6) is -0.546. The molecule has 1 saturated heterocycles. The first kappa shape index (κ1) is 13.8. The highest BCUT2D eigenvalue weighted by Crippen LogP contribution is 2.25. The summed E-state index contributed by atoms with van der Waals surface area (Å²) in [7, 11) is 0. The van der Waals surface area contributed by atoms with Crippen LogP contribution in [0.5, 0.6) is 0 Å². The molecule has 2 heterocycles. The number of oxime groups is 1. The van der Waals surface area contributed by atoms with Crippen molar-refractivity contribution in [3.63, 3.8) is 0 Å². The van der Waals surface area contributed by atoms with Gasteiger partial charge in [-0.25, -0.2) is 4.98 Å². The topological polar surface area (TPSA) is 135 Å². The average molecular weight is 280 g/mol. The Balaban J connectivity index is 2.31. The van der Waals surface area contributed by atoms with Crippen molar-refractivity contribution in [1.29, 1.82) is 0 Å². The summed E-state index contributed by atoms with van der Waals surface area (Å²) in [6, 6.07) is -0.949. The summed E-state index contributed by atoms with van der Waals surface area (Å²) in [6.45, 7) is 1.23. The van der Waals surface area contributed by atoms with Crippen molar-refractivity contribution in [2.75, 3.05) is 6.61 Å². The molecule has 1 aliphatic rings. The molecule has 10 heteroatoms. The van der Waals surface area contributed by atoms with Crippen LogP contribution in [-0.2, 0) is 14.3 Å². The molecule has 0 spiro atoms. The summed E-state index contributed by atoms with van der Waals surface area (Å²) in [5, 5.41) is 15.8. The largest absolute Gasteiger partial charge is 0.459 e. The fourth-order valence-corrected chi connectivity index (χ4v) is 1.96. The number of carbonyl (C=O) groups excluding carboxylic acids is 1. The van der Waals surface area contributed by atoms with Crippen LogP contribution >= 0.6 is 0 Å². The van der Waals surface area contributed by atoms with Gasteiger partial charge in [0, 0.05) is 24.2 Å². The van der Waals surface area contributed by atoms with Crippen molar-refractivity contribution in [3.05, 3.63) is 29.2 Å². The molecule has 2 rings (SSSR count). The molecule has 1 aliphatic heterocycles. The first-order valence-electron chi connectivity index (χ1n) is 5.69. The third kappa shape index (κ3) is 2.71. The Kier molecular flexibility index (Phi) is 4.18. The Hall–Kier alpha value is -2.58. The van der Waals surface area contributed by atoms with Crippen LogP contribution in [0.3, 0.4) is 0 Å². The average Bonchev–Trinajstić information content (AvgIpc) is 2.93.